The number of aryl methyl sites for hydroxylation is 1. The molecule has 0 aliphatic carbocycles. The Labute approximate surface area is 158 Å². The number of rotatable bonds is 5. The van der Waals surface area contributed by atoms with E-state index in [9.17, 15) is 4.79 Å². The number of aromatic nitrogens is 3. The van der Waals surface area contributed by atoms with Crippen LogP contribution in [0.5, 0.6) is 5.75 Å². The van der Waals surface area contributed by atoms with Gasteiger partial charge in [-0.25, -0.2) is 9.50 Å². The number of benzene rings is 1. The molecule has 27 heavy (non-hydrogen) atoms. The molecule has 6 nitrogen and oxygen atoms in total. The molecule has 6 heteroatoms. The minimum absolute atomic E-state index is 0.0233. The van der Waals surface area contributed by atoms with Gasteiger partial charge in [-0.1, -0.05) is 25.1 Å². The zero-order chi connectivity index (χ0) is 19.0. The van der Waals surface area contributed by atoms with Crippen LogP contribution in [0.2, 0.25) is 0 Å². The minimum atomic E-state index is 0.0233. The van der Waals surface area contributed by atoms with Crippen LogP contribution in [0.3, 0.4) is 0 Å². The number of ether oxygens (including phenoxy) is 1. The molecule has 0 radical (unpaired) electrons. The van der Waals surface area contributed by atoms with Gasteiger partial charge in [0, 0.05) is 47.6 Å². The number of aromatic amines is 1. The molecule has 0 amide bonds. The molecule has 1 aliphatic rings. The molecule has 2 aromatic heterocycles. The van der Waals surface area contributed by atoms with Crippen molar-refractivity contribution in [3.05, 3.63) is 63.2 Å². The summed E-state index contributed by atoms with van der Waals surface area (Å²) in [5.74, 6) is 1.32. The second-order valence-electron chi connectivity index (χ2n) is 7.27. The Balaban J connectivity index is 1.55. The predicted molar refractivity (Wildman–Crippen MR) is 106 cm³/mol. The standard InChI is InChI=1S/C21H26N4O2/c1-4-17-14(2)22-20-11-18(23-25(20)21(17)26)15-9-10-24(12-15)13-16-7-5-6-8-19(16)27-3/h5-8,11,15,23H,4,9-10,12-13H2,1-3H3. The van der Waals surface area contributed by atoms with Gasteiger partial charge in [0.05, 0.1) is 7.11 Å². The molecule has 142 valence electrons. The van der Waals surface area contributed by atoms with Gasteiger partial charge in [-0.05, 0) is 32.4 Å². The Bertz CT molecular complexity index is 1020. The lowest BCUT2D eigenvalue weighted by molar-refractivity contribution is 0.316. The Morgan fingerprint density at radius 1 is 1.33 bits per heavy atom. The summed E-state index contributed by atoms with van der Waals surface area (Å²) in [5.41, 5.74) is 4.65. The van der Waals surface area contributed by atoms with Crippen molar-refractivity contribution in [1.29, 1.82) is 0 Å². The van der Waals surface area contributed by atoms with Crippen LogP contribution >= 0.6 is 0 Å². The van der Waals surface area contributed by atoms with Gasteiger partial charge in [-0.15, -0.1) is 0 Å². The van der Waals surface area contributed by atoms with Crippen molar-refractivity contribution in [3.8, 4) is 5.75 Å². The Morgan fingerprint density at radius 2 is 2.15 bits per heavy atom. The fraction of sp³-hybridized carbons (Fsp3) is 0.429. The molecule has 0 spiro atoms. The predicted octanol–water partition coefficient (Wildman–Crippen LogP) is 2.89. The summed E-state index contributed by atoms with van der Waals surface area (Å²) < 4.78 is 7.08. The van der Waals surface area contributed by atoms with Crippen LogP contribution in [-0.2, 0) is 13.0 Å². The highest BCUT2D eigenvalue weighted by Gasteiger charge is 2.26. The number of H-pyrrole nitrogens is 1. The van der Waals surface area contributed by atoms with E-state index in [0.29, 0.717) is 18.0 Å². The summed E-state index contributed by atoms with van der Waals surface area (Å²) in [5, 5.41) is 3.31. The zero-order valence-electron chi connectivity index (χ0n) is 16.2. The number of hydrogen-bond acceptors (Lipinski definition) is 4. The molecule has 1 N–H and O–H groups in total. The summed E-state index contributed by atoms with van der Waals surface area (Å²) >= 11 is 0. The van der Waals surface area contributed by atoms with Gasteiger partial charge in [0.1, 0.15) is 5.75 Å². The van der Waals surface area contributed by atoms with Crippen molar-refractivity contribution >= 4 is 5.65 Å². The van der Waals surface area contributed by atoms with Crippen LogP contribution in [-0.4, -0.2) is 39.7 Å². The summed E-state index contributed by atoms with van der Waals surface area (Å²) in [6.07, 6.45) is 1.77. The van der Waals surface area contributed by atoms with Crippen molar-refractivity contribution in [2.45, 2.75) is 39.2 Å². The third-order valence-corrected chi connectivity index (χ3v) is 5.59. The Kier molecular flexibility index (Phi) is 4.74. The molecule has 1 atom stereocenters. The van der Waals surface area contributed by atoms with E-state index in [1.165, 1.54) is 5.56 Å². The van der Waals surface area contributed by atoms with Gasteiger partial charge in [0.2, 0.25) is 0 Å². The maximum absolute atomic E-state index is 12.7. The highest BCUT2D eigenvalue weighted by Crippen LogP contribution is 2.29. The molecule has 1 aliphatic heterocycles. The van der Waals surface area contributed by atoms with Gasteiger partial charge in [-0.3, -0.25) is 14.8 Å². The number of para-hydroxylation sites is 1. The number of hydrogen-bond donors (Lipinski definition) is 1. The number of likely N-dealkylation sites (tertiary alicyclic amines) is 1. The van der Waals surface area contributed by atoms with E-state index >= 15 is 0 Å². The van der Waals surface area contributed by atoms with E-state index in [-0.39, 0.29) is 5.56 Å². The van der Waals surface area contributed by atoms with Gasteiger partial charge in [0.15, 0.2) is 5.65 Å². The van der Waals surface area contributed by atoms with Gasteiger partial charge < -0.3 is 4.74 Å². The van der Waals surface area contributed by atoms with Crippen LogP contribution in [0.1, 0.15) is 41.8 Å². The second-order valence-corrected chi connectivity index (χ2v) is 7.27. The van der Waals surface area contributed by atoms with Crippen LogP contribution in [0.25, 0.3) is 5.65 Å². The maximum atomic E-state index is 12.7. The summed E-state index contributed by atoms with van der Waals surface area (Å²) in [6.45, 7) is 6.77. The zero-order valence-corrected chi connectivity index (χ0v) is 16.2. The molecule has 4 rings (SSSR count). The molecule has 0 saturated carbocycles. The molecule has 0 bridgehead atoms. The maximum Gasteiger partial charge on any atom is 0.276 e. The fourth-order valence-corrected chi connectivity index (χ4v) is 4.11. The van der Waals surface area contributed by atoms with Crippen molar-refractivity contribution in [3.63, 3.8) is 0 Å². The fourth-order valence-electron chi connectivity index (χ4n) is 4.11. The molecule has 3 heterocycles. The quantitative estimate of drug-likeness (QED) is 0.754. The molecular formula is C21H26N4O2. The lowest BCUT2D eigenvalue weighted by Gasteiger charge is -2.17. The lowest BCUT2D eigenvalue weighted by Crippen LogP contribution is -2.22. The number of nitrogens with one attached hydrogen (secondary N) is 1. The highest BCUT2D eigenvalue weighted by atomic mass is 16.5. The number of nitrogens with zero attached hydrogens (tertiary/aromatic N) is 3. The molecular weight excluding hydrogens is 340 g/mol. The number of fused-ring (bicyclic) bond motifs is 1. The summed E-state index contributed by atoms with van der Waals surface area (Å²) in [7, 11) is 1.72. The highest BCUT2D eigenvalue weighted by molar-refractivity contribution is 5.42. The van der Waals surface area contributed by atoms with Crippen molar-refractivity contribution in [2.24, 2.45) is 0 Å². The molecule has 1 fully saturated rings. The van der Waals surface area contributed by atoms with E-state index in [0.717, 1.165) is 48.8 Å². The van der Waals surface area contributed by atoms with Crippen LogP contribution in [0.15, 0.2) is 35.1 Å². The van der Waals surface area contributed by atoms with E-state index < -0.39 is 0 Å². The summed E-state index contributed by atoms with van der Waals surface area (Å²) in [6, 6.07) is 10.2. The smallest absolute Gasteiger partial charge is 0.276 e. The lowest BCUT2D eigenvalue weighted by atomic mass is 10.1. The molecule has 1 aromatic carbocycles. The average Bonchev–Trinajstić information content (AvgIpc) is 3.29. The largest absolute Gasteiger partial charge is 0.496 e. The van der Waals surface area contributed by atoms with Gasteiger partial charge in [0.25, 0.3) is 5.56 Å². The first-order valence-electron chi connectivity index (χ1n) is 9.56. The first-order valence-corrected chi connectivity index (χ1v) is 9.56. The molecule has 3 aromatic rings. The van der Waals surface area contributed by atoms with E-state index in [4.69, 9.17) is 4.74 Å². The van der Waals surface area contributed by atoms with Gasteiger partial charge >= 0.3 is 0 Å². The molecule has 1 saturated heterocycles. The van der Waals surface area contributed by atoms with Crippen molar-refractivity contribution in [2.75, 3.05) is 20.2 Å². The Morgan fingerprint density at radius 3 is 2.93 bits per heavy atom. The third-order valence-electron chi connectivity index (χ3n) is 5.59. The van der Waals surface area contributed by atoms with Crippen LogP contribution in [0.4, 0.5) is 0 Å². The van der Waals surface area contributed by atoms with E-state index in [1.54, 1.807) is 11.6 Å². The topological polar surface area (TPSA) is 62.6 Å². The molecule has 1 unspecified atom stereocenters. The number of methoxy groups -OCH3 is 1. The minimum Gasteiger partial charge on any atom is -0.496 e. The van der Waals surface area contributed by atoms with Crippen LogP contribution in [0, 0.1) is 6.92 Å². The van der Waals surface area contributed by atoms with E-state index in [2.05, 4.69) is 27.1 Å². The monoisotopic (exact) mass is 366 g/mol. The first kappa shape index (κ1) is 17.8. The SMILES string of the molecule is CCc1c(C)nc2cc(C3CCN(Cc4ccccc4OC)C3)[nH]n2c1=O. The van der Waals surface area contributed by atoms with Crippen molar-refractivity contribution in [1.82, 2.24) is 19.5 Å². The van der Waals surface area contributed by atoms with Crippen molar-refractivity contribution < 1.29 is 4.74 Å². The average molecular weight is 366 g/mol. The third kappa shape index (κ3) is 3.25. The summed E-state index contributed by atoms with van der Waals surface area (Å²) in [4.78, 5) is 19.7. The van der Waals surface area contributed by atoms with Gasteiger partial charge in [-0.2, -0.15) is 0 Å². The first-order chi connectivity index (χ1) is 13.1. The Hall–Kier alpha value is -2.60. The van der Waals surface area contributed by atoms with E-state index in [1.807, 2.05) is 32.0 Å². The van der Waals surface area contributed by atoms with Crippen LogP contribution < -0.4 is 10.3 Å². The normalized spacial score (nSPS) is 17.7. The second kappa shape index (κ2) is 7.19.